The zero-order valence-corrected chi connectivity index (χ0v) is 10.2. The number of nitrogens with two attached hydrogens (primary N) is 1. The van der Waals surface area contributed by atoms with Gasteiger partial charge in [0.15, 0.2) is 0 Å². The van der Waals surface area contributed by atoms with Crippen LogP contribution in [0.5, 0.6) is 0 Å². The van der Waals surface area contributed by atoms with Crippen LogP contribution in [0.25, 0.3) is 0 Å². The molecular weight excluding hydrogens is 248 g/mol. The highest BCUT2D eigenvalue weighted by atomic mass is 19.1. The lowest BCUT2D eigenvalue weighted by molar-refractivity contribution is 0.618. The highest BCUT2D eigenvalue weighted by molar-refractivity contribution is 5.69. The molecule has 0 amide bonds. The monoisotopic (exact) mass is 261 g/mol. The van der Waals surface area contributed by atoms with Crippen molar-refractivity contribution in [2.24, 2.45) is 5.73 Å². The summed E-state index contributed by atoms with van der Waals surface area (Å²) in [4.78, 5) is 6.00. The summed E-state index contributed by atoms with van der Waals surface area (Å²) >= 11 is 0. The Bertz CT molecular complexity index is 628. The van der Waals surface area contributed by atoms with Crippen molar-refractivity contribution < 1.29 is 8.78 Å². The predicted molar refractivity (Wildman–Crippen MR) is 69.2 cm³/mol. The van der Waals surface area contributed by atoms with Gasteiger partial charge in [-0.3, -0.25) is 0 Å². The van der Waals surface area contributed by atoms with Crippen LogP contribution in [0.4, 0.5) is 20.3 Å². The lowest BCUT2D eigenvalue weighted by Gasteiger charge is -2.21. The quantitative estimate of drug-likeness (QED) is 0.903. The van der Waals surface area contributed by atoms with Crippen LogP contribution in [-0.4, -0.2) is 11.5 Å². The van der Waals surface area contributed by atoms with E-state index in [1.807, 2.05) is 4.90 Å². The maximum Gasteiger partial charge on any atom is 0.141 e. The number of aromatic nitrogens is 1. The van der Waals surface area contributed by atoms with E-state index in [9.17, 15) is 8.78 Å². The number of rotatable bonds is 2. The van der Waals surface area contributed by atoms with Crippen molar-refractivity contribution in [3.8, 4) is 0 Å². The number of pyridine rings is 1. The molecule has 3 rings (SSSR count). The van der Waals surface area contributed by atoms with Gasteiger partial charge in [0.05, 0.1) is 6.20 Å². The zero-order chi connectivity index (χ0) is 13.4. The molecule has 2 N–H and O–H groups in total. The topological polar surface area (TPSA) is 42.1 Å². The first-order valence-corrected chi connectivity index (χ1v) is 6.09. The molecule has 0 unspecified atom stereocenters. The molecule has 0 saturated carbocycles. The van der Waals surface area contributed by atoms with Gasteiger partial charge in [0.1, 0.15) is 17.5 Å². The van der Waals surface area contributed by atoms with Gasteiger partial charge in [-0.15, -0.1) is 0 Å². The Morgan fingerprint density at radius 1 is 1.21 bits per heavy atom. The number of anilines is 2. The number of benzene rings is 1. The fraction of sp³-hybridized carbons (Fsp3) is 0.214. The van der Waals surface area contributed by atoms with E-state index < -0.39 is 5.82 Å². The molecule has 1 aromatic carbocycles. The molecule has 0 aliphatic carbocycles. The van der Waals surface area contributed by atoms with E-state index in [1.54, 1.807) is 6.07 Å². The van der Waals surface area contributed by atoms with Crippen molar-refractivity contribution in [3.63, 3.8) is 0 Å². The van der Waals surface area contributed by atoms with Crippen molar-refractivity contribution >= 4 is 11.5 Å². The third-order valence-electron chi connectivity index (χ3n) is 3.33. The molecule has 0 atom stereocenters. The summed E-state index contributed by atoms with van der Waals surface area (Å²) in [5.74, 6) is -0.0989. The fourth-order valence-electron chi connectivity index (χ4n) is 2.44. The van der Waals surface area contributed by atoms with E-state index in [0.29, 0.717) is 17.9 Å². The molecule has 1 aliphatic rings. The molecule has 0 bridgehead atoms. The van der Waals surface area contributed by atoms with Crippen molar-refractivity contribution in [2.75, 3.05) is 11.4 Å². The largest absolute Gasteiger partial charge is 0.326 e. The van der Waals surface area contributed by atoms with Crippen molar-refractivity contribution in [1.29, 1.82) is 0 Å². The van der Waals surface area contributed by atoms with Crippen LogP contribution in [-0.2, 0) is 13.0 Å². The first-order valence-electron chi connectivity index (χ1n) is 6.09. The number of fused-ring (bicyclic) bond motifs is 1. The van der Waals surface area contributed by atoms with Gasteiger partial charge in [0, 0.05) is 24.3 Å². The third-order valence-corrected chi connectivity index (χ3v) is 3.33. The van der Waals surface area contributed by atoms with Crippen LogP contribution < -0.4 is 10.6 Å². The van der Waals surface area contributed by atoms with Crippen LogP contribution in [0.2, 0.25) is 0 Å². The van der Waals surface area contributed by atoms with Crippen LogP contribution in [0.15, 0.2) is 30.5 Å². The Morgan fingerprint density at radius 2 is 2.05 bits per heavy atom. The molecule has 1 aliphatic heterocycles. The molecule has 19 heavy (non-hydrogen) atoms. The fourth-order valence-corrected chi connectivity index (χ4v) is 2.44. The van der Waals surface area contributed by atoms with Gasteiger partial charge in [0.25, 0.3) is 0 Å². The summed E-state index contributed by atoms with van der Waals surface area (Å²) in [6, 6.07) is 6.08. The van der Waals surface area contributed by atoms with Gasteiger partial charge in [0.2, 0.25) is 0 Å². The Balaban J connectivity index is 2.08. The molecule has 0 radical (unpaired) electrons. The minimum Gasteiger partial charge on any atom is -0.326 e. The first-order chi connectivity index (χ1) is 9.19. The molecule has 3 nitrogen and oxygen atoms in total. The third kappa shape index (κ3) is 2.06. The van der Waals surface area contributed by atoms with Gasteiger partial charge < -0.3 is 10.6 Å². The van der Waals surface area contributed by atoms with Crippen LogP contribution in [0.1, 0.15) is 11.1 Å². The SMILES string of the molecule is NCc1cc(F)cnc1N1CCc2ccc(F)cc21. The van der Waals surface area contributed by atoms with E-state index >= 15 is 0 Å². The molecule has 0 spiro atoms. The average Bonchev–Trinajstić information content (AvgIpc) is 2.81. The molecule has 2 heterocycles. The highest BCUT2D eigenvalue weighted by Gasteiger charge is 2.23. The number of nitrogens with zero attached hydrogens (tertiary/aromatic N) is 2. The molecule has 2 aromatic rings. The van der Waals surface area contributed by atoms with E-state index in [4.69, 9.17) is 5.73 Å². The minimum atomic E-state index is -0.414. The normalized spacial score (nSPS) is 13.7. The molecule has 98 valence electrons. The van der Waals surface area contributed by atoms with Crippen LogP contribution in [0, 0.1) is 11.6 Å². The van der Waals surface area contributed by atoms with E-state index in [1.165, 1.54) is 18.2 Å². The second-order valence-corrected chi connectivity index (χ2v) is 4.52. The first kappa shape index (κ1) is 12.0. The Hall–Kier alpha value is -2.01. The summed E-state index contributed by atoms with van der Waals surface area (Å²) in [7, 11) is 0. The van der Waals surface area contributed by atoms with Crippen LogP contribution in [0.3, 0.4) is 0 Å². The Morgan fingerprint density at radius 3 is 2.84 bits per heavy atom. The summed E-state index contributed by atoms with van der Waals surface area (Å²) < 4.78 is 26.6. The molecule has 5 heteroatoms. The average molecular weight is 261 g/mol. The second-order valence-electron chi connectivity index (χ2n) is 4.52. The summed E-state index contributed by atoms with van der Waals surface area (Å²) in [5, 5.41) is 0. The van der Waals surface area contributed by atoms with Gasteiger partial charge >= 0.3 is 0 Å². The lowest BCUT2D eigenvalue weighted by atomic mass is 10.1. The van der Waals surface area contributed by atoms with Crippen LogP contribution >= 0.6 is 0 Å². The summed E-state index contributed by atoms with van der Waals surface area (Å²) in [6.45, 7) is 0.895. The standard InChI is InChI=1S/C14H13F2N3/c15-11-2-1-9-3-4-19(13(9)6-11)14-10(7-17)5-12(16)8-18-14/h1-2,5-6,8H,3-4,7,17H2. The number of halogens is 2. The molecule has 1 aromatic heterocycles. The Kier molecular flexibility index (Phi) is 2.91. The Labute approximate surface area is 109 Å². The smallest absolute Gasteiger partial charge is 0.141 e. The molecule has 0 saturated heterocycles. The minimum absolute atomic E-state index is 0.196. The number of hydrogen-bond donors (Lipinski definition) is 1. The predicted octanol–water partition coefficient (Wildman–Crippen LogP) is 2.51. The van der Waals surface area contributed by atoms with Gasteiger partial charge in [-0.25, -0.2) is 13.8 Å². The van der Waals surface area contributed by atoms with E-state index in [2.05, 4.69) is 4.98 Å². The van der Waals surface area contributed by atoms with Crippen molar-refractivity contribution in [2.45, 2.75) is 13.0 Å². The van der Waals surface area contributed by atoms with Gasteiger partial charge in [-0.1, -0.05) is 6.07 Å². The zero-order valence-electron chi connectivity index (χ0n) is 10.2. The summed E-state index contributed by atoms with van der Waals surface area (Å²) in [5.41, 5.74) is 8.10. The maximum absolute atomic E-state index is 13.4. The highest BCUT2D eigenvalue weighted by Crippen LogP contribution is 2.35. The second kappa shape index (κ2) is 4.59. The maximum atomic E-state index is 13.4. The lowest BCUT2D eigenvalue weighted by Crippen LogP contribution is -2.18. The number of hydrogen-bond acceptors (Lipinski definition) is 3. The summed E-state index contributed by atoms with van der Waals surface area (Å²) in [6.07, 6.45) is 1.98. The molecular formula is C14H13F2N3. The van der Waals surface area contributed by atoms with E-state index in [-0.39, 0.29) is 12.4 Å². The van der Waals surface area contributed by atoms with Gasteiger partial charge in [-0.05, 0) is 30.2 Å². The molecule has 0 fully saturated rings. The van der Waals surface area contributed by atoms with E-state index in [0.717, 1.165) is 23.9 Å². The van der Waals surface area contributed by atoms with Gasteiger partial charge in [-0.2, -0.15) is 0 Å². The van der Waals surface area contributed by atoms with Crippen molar-refractivity contribution in [1.82, 2.24) is 4.98 Å². The van der Waals surface area contributed by atoms with Crippen molar-refractivity contribution in [3.05, 3.63) is 53.2 Å².